The topological polar surface area (TPSA) is 179 Å². The molecule has 1 fully saturated rings. The zero-order valence-corrected chi connectivity index (χ0v) is 18.7. The average molecular weight is 484 g/mol. The van der Waals surface area contributed by atoms with E-state index in [4.69, 9.17) is 5.73 Å². The van der Waals surface area contributed by atoms with Crippen LogP contribution < -0.4 is 21.5 Å². The van der Waals surface area contributed by atoms with E-state index >= 15 is 0 Å². The lowest BCUT2D eigenvalue weighted by Gasteiger charge is -2.49. The van der Waals surface area contributed by atoms with Crippen LogP contribution in [0.15, 0.2) is 52.9 Å². The number of urea groups is 1. The van der Waals surface area contributed by atoms with Gasteiger partial charge in [-0.1, -0.05) is 18.2 Å². The van der Waals surface area contributed by atoms with Crippen LogP contribution in [-0.2, 0) is 20.8 Å². The first-order chi connectivity index (χ1) is 16.2. The smallest absolute Gasteiger partial charge is 0.352 e. The molecule has 0 saturated carbocycles. The minimum Gasteiger partial charge on any atom is -0.477 e. The lowest BCUT2D eigenvalue weighted by molar-refractivity contribution is -0.150. The summed E-state index contributed by atoms with van der Waals surface area (Å²) in [5, 5.41) is 11.6. The summed E-state index contributed by atoms with van der Waals surface area (Å²) in [6.45, 7) is 1.65. The van der Waals surface area contributed by atoms with Gasteiger partial charge in [0.25, 0.3) is 11.5 Å². The number of nitrogens with zero attached hydrogens (tertiary/aromatic N) is 3. The fraction of sp³-hybridized carbons (Fsp3) is 0.238. The lowest BCUT2D eigenvalue weighted by Crippen LogP contribution is -2.70. The van der Waals surface area contributed by atoms with Crippen LogP contribution in [0, 0.1) is 0 Å². The van der Waals surface area contributed by atoms with Crippen LogP contribution in [-0.4, -0.2) is 61.0 Å². The van der Waals surface area contributed by atoms with Crippen LogP contribution >= 0.6 is 11.8 Å². The molecule has 5 N–H and O–H groups in total. The van der Waals surface area contributed by atoms with Gasteiger partial charge in [-0.3, -0.25) is 24.2 Å². The number of amides is 4. The van der Waals surface area contributed by atoms with Gasteiger partial charge in [0.15, 0.2) is 0 Å². The Kier molecular flexibility index (Phi) is 6.11. The number of aromatic amines is 1. The zero-order chi connectivity index (χ0) is 24.6. The van der Waals surface area contributed by atoms with Crippen LogP contribution in [0.25, 0.3) is 0 Å². The third-order valence-electron chi connectivity index (χ3n) is 5.42. The number of anilines is 2. The molecule has 0 radical (unpaired) electrons. The molecule has 2 atom stereocenters. The number of thioether (sulfide) groups is 1. The standard InChI is InChI=1S/C21H20N6O6S/c1-10-8-34-19-15(18(30)27(19)16(10)20(31)32)25-14(28)6-11-4-2-3-5-12(11)26(21(22)33)13-7-23-9-24-17(13)29/h2-5,7,9,15,19H,6,8H2,1H3,(H2,22,33)(H,25,28)(H,31,32)(H,23,24,29)/t15?,19-/m1/s1. The van der Waals surface area contributed by atoms with E-state index in [-0.39, 0.29) is 23.5 Å². The van der Waals surface area contributed by atoms with E-state index in [1.807, 2.05) is 0 Å². The second-order valence-corrected chi connectivity index (χ2v) is 8.74. The fourth-order valence-electron chi connectivity index (χ4n) is 3.91. The molecule has 0 spiro atoms. The second-order valence-electron chi connectivity index (χ2n) is 7.63. The molecule has 1 aromatic carbocycles. The first kappa shape index (κ1) is 23.0. The predicted octanol–water partition coefficient (Wildman–Crippen LogP) is 0.288. The number of carboxylic acids is 1. The summed E-state index contributed by atoms with van der Waals surface area (Å²) in [6, 6.07) is 4.57. The Balaban J connectivity index is 1.54. The Morgan fingerprint density at radius 3 is 2.71 bits per heavy atom. The molecule has 12 nitrogen and oxygen atoms in total. The van der Waals surface area contributed by atoms with Crippen LogP contribution in [0.4, 0.5) is 16.2 Å². The van der Waals surface area contributed by atoms with Crippen molar-refractivity contribution in [2.45, 2.75) is 24.8 Å². The number of nitrogens with two attached hydrogens (primary N) is 1. The van der Waals surface area contributed by atoms with Crippen molar-refractivity contribution in [1.29, 1.82) is 0 Å². The summed E-state index contributed by atoms with van der Waals surface area (Å²) in [4.78, 5) is 69.7. The minimum absolute atomic E-state index is 0.0524. The highest BCUT2D eigenvalue weighted by Crippen LogP contribution is 2.40. The Bertz CT molecular complexity index is 1290. The van der Waals surface area contributed by atoms with E-state index in [1.54, 1.807) is 25.1 Å². The monoisotopic (exact) mass is 484 g/mol. The number of fused-ring (bicyclic) bond motifs is 1. The number of primary amides is 1. The van der Waals surface area contributed by atoms with Crippen molar-refractivity contribution in [3.8, 4) is 0 Å². The van der Waals surface area contributed by atoms with Crippen LogP contribution in [0.3, 0.4) is 0 Å². The molecule has 2 aliphatic rings. The van der Waals surface area contributed by atoms with Crippen LogP contribution in [0.5, 0.6) is 0 Å². The number of para-hydroxylation sites is 1. The van der Waals surface area contributed by atoms with Crippen molar-refractivity contribution in [2.24, 2.45) is 5.73 Å². The summed E-state index contributed by atoms with van der Waals surface area (Å²) in [5.74, 6) is -1.78. The first-order valence-electron chi connectivity index (χ1n) is 10.1. The average Bonchev–Trinajstić information content (AvgIpc) is 2.79. The summed E-state index contributed by atoms with van der Waals surface area (Å²) < 4.78 is 0. The number of β-lactam (4-membered cyclic amide) rings is 1. The van der Waals surface area contributed by atoms with Crippen molar-refractivity contribution < 1.29 is 24.3 Å². The highest BCUT2D eigenvalue weighted by molar-refractivity contribution is 8.00. The molecular weight excluding hydrogens is 464 g/mol. The van der Waals surface area contributed by atoms with Crippen LogP contribution in [0.2, 0.25) is 0 Å². The summed E-state index contributed by atoms with van der Waals surface area (Å²) in [5.41, 5.74) is 5.93. The number of aromatic nitrogens is 2. The molecule has 1 saturated heterocycles. The number of hydrogen-bond donors (Lipinski definition) is 4. The largest absolute Gasteiger partial charge is 0.477 e. The van der Waals surface area contributed by atoms with E-state index < -0.39 is 40.8 Å². The Hall–Kier alpha value is -4.13. The van der Waals surface area contributed by atoms with Gasteiger partial charge in [-0.15, -0.1) is 11.8 Å². The molecule has 176 valence electrons. The summed E-state index contributed by atoms with van der Waals surface area (Å²) in [7, 11) is 0. The number of carbonyl (C=O) groups excluding carboxylic acids is 3. The number of H-pyrrole nitrogens is 1. The Labute approximate surface area is 196 Å². The van der Waals surface area contributed by atoms with Gasteiger partial charge in [-0.2, -0.15) is 0 Å². The highest BCUT2D eigenvalue weighted by atomic mass is 32.2. The van der Waals surface area contributed by atoms with Crippen molar-refractivity contribution in [2.75, 3.05) is 10.7 Å². The molecule has 13 heteroatoms. The predicted molar refractivity (Wildman–Crippen MR) is 122 cm³/mol. The maximum Gasteiger partial charge on any atom is 0.352 e. The van der Waals surface area contributed by atoms with E-state index in [1.165, 1.54) is 35.3 Å². The fourth-order valence-corrected chi connectivity index (χ4v) is 5.21. The number of aliphatic carboxylic acids is 1. The van der Waals surface area contributed by atoms with Gasteiger partial charge in [0.2, 0.25) is 5.91 Å². The van der Waals surface area contributed by atoms with Gasteiger partial charge in [-0.25, -0.2) is 14.6 Å². The van der Waals surface area contributed by atoms with Crippen molar-refractivity contribution in [1.82, 2.24) is 20.2 Å². The van der Waals surface area contributed by atoms with Gasteiger partial charge in [0, 0.05) is 5.75 Å². The molecule has 3 heterocycles. The molecule has 4 rings (SSSR count). The van der Waals surface area contributed by atoms with E-state index in [2.05, 4.69) is 15.3 Å². The maximum atomic E-state index is 12.8. The molecule has 34 heavy (non-hydrogen) atoms. The molecule has 0 bridgehead atoms. The SMILES string of the molecule is CC1=C(C(=O)O)N2C(=O)C(NC(=O)Cc3ccccc3N(C(N)=O)c3cnc[nH]c3=O)[C@H]2SC1. The second kappa shape index (κ2) is 9.02. The normalized spacial score (nSPS) is 19.2. The Morgan fingerprint density at radius 2 is 2.03 bits per heavy atom. The number of carbonyl (C=O) groups is 4. The lowest BCUT2D eigenvalue weighted by atomic mass is 10.0. The third kappa shape index (κ3) is 4.01. The zero-order valence-electron chi connectivity index (χ0n) is 17.8. The van der Waals surface area contributed by atoms with E-state index in [9.17, 15) is 29.1 Å². The summed E-state index contributed by atoms with van der Waals surface area (Å²) >= 11 is 1.37. The molecule has 2 aromatic rings. The number of nitrogens with one attached hydrogen (secondary N) is 2. The van der Waals surface area contributed by atoms with Gasteiger partial charge >= 0.3 is 12.0 Å². The number of rotatable bonds is 6. The van der Waals surface area contributed by atoms with Crippen molar-refractivity contribution in [3.63, 3.8) is 0 Å². The minimum atomic E-state index is -1.19. The van der Waals surface area contributed by atoms with Gasteiger partial charge in [-0.05, 0) is 24.1 Å². The summed E-state index contributed by atoms with van der Waals surface area (Å²) in [6.07, 6.45) is 2.12. The van der Waals surface area contributed by atoms with Gasteiger partial charge < -0.3 is 21.1 Å². The number of carboxylic acid groups (broad SMARTS) is 1. The maximum absolute atomic E-state index is 12.8. The number of benzene rings is 1. The van der Waals surface area contributed by atoms with Gasteiger partial charge in [0.05, 0.1) is 24.6 Å². The van der Waals surface area contributed by atoms with Crippen molar-refractivity contribution >= 4 is 47.0 Å². The molecular formula is C21H20N6O6S. The number of hydrogen-bond acceptors (Lipinski definition) is 7. The van der Waals surface area contributed by atoms with E-state index in [0.717, 1.165) is 4.90 Å². The highest BCUT2D eigenvalue weighted by Gasteiger charge is 2.53. The Morgan fingerprint density at radius 1 is 1.29 bits per heavy atom. The van der Waals surface area contributed by atoms with E-state index in [0.29, 0.717) is 16.9 Å². The quantitative estimate of drug-likeness (QED) is 0.422. The molecule has 1 aromatic heterocycles. The van der Waals surface area contributed by atoms with Crippen molar-refractivity contribution in [3.05, 3.63) is 64.0 Å². The molecule has 4 amide bonds. The molecule has 1 unspecified atom stereocenters. The van der Waals surface area contributed by atoms with Crippen LogP contribution in [0.1, 0.15) is 12.5 Å². The van der Waals surface area contributed by atoms with Gasteiger partial charge in [0.1, 0.15) is 22.8 Å². The third-order valence-corrected chi connectivity index (χ3v) is 6.85. The molecule has 2 aliphatic heterocycles. The molecule has 0 aliphatic carbocycles. The first-order valence-corrected chi connectivity index (χ1v) is 11.1.